The number of non-ortho nitro benzene ring substituents is 1. The fourth-order valence-electron chi connectivity index (χ4n) is 1.44. The van der Waals surface area contributed by atoms with Gasteiger partial charge >= 0.3 is 0 Å². The standard InChI is InChI=1S/C11H15F2N3O3/c1-2-14-7-3-8(5-9(4-7)16(18)19)15-6-10(17)11(12)13/h3-5,10-11,14-15,17H,2,6H2,1H3. The summed E-state index contributed by atoms with van der Waals surface area (Å²) in [6, 6.07) is 4.12. The third kappa shape index (κ3) is 4.66. The van der Waals surface area contributed by atoms with Gasteiger partial charge in [0.25, 0.3) is 12.1 Å². The number of anilines is 2. The molecular formula is C11H15F2N3O3. The van der Waals surface area contributed by atoms with Crippen molar-refractivity contribution < 1.29 is 18.8 Å². The summed E-state index contributed by atoms with van der Waals surface area (Å²) >= 11 is 0. The van der Waals surface area contributed by atoms with E-state index in [1.54, 1.807) is 6.07 Å². The maximum absolute atomic E-state index is 12.1. The predicted octanol–water partition coefficient (Wildman–Crippen LogP) is 2.06. The number of rotatable bonds is 7. The largest absolute Gasteiger partial charge is 0.385 e. The molecule has 0 spiro atoms. The molecule has 1 aromatic rings. The highest BCUT2D eigenvalue weighted by atomic mass is 19.3. The molecule has 6 nitrogen and oxygen atoms in total. The summed E-state index contributed by atoms with van der Waals surface area (Å²) in [7, 11) is 0. The quantitative estimate of drug-likeness (QED) is 0.523. The normalized spacial score (nSPS) is 12.3. The Morgan fingerprint density at radius 1 is 1.32 bits per heavy atom. The second-order valence-corrected chi connectivity index (χ2v) is 3.84. The molecule has 0 bridgehead atoms. The third-order valence-electron chi connectivity index (χ3n) is 2.32. The van der Waals surface area contributed by atoms with Crippen molar-refractivity contribution in [1.29, 1.82) is 0 Å². The minimum Gasteiger partial charge on any atom is -0.385 e. The lowest BCUT2D eigenvalue weighted by molar-refractivity contribution is -0.384. The Morgan fingerprint density at radius 2 is 1.89 bits per heavy atom. The zero-order valence-corrected chi connectivity index (χ0v) is 10.3. The lowest BCUT2D eigenvalue weighted by Crippen LogP contribution is -2.26. The summed E-state index contributed by atoms with van der Waals surface area (Å²) < 4.78 is 24.3. The average molecular weight is 275 g/mol. The zero-order chi connectivity index (χ0) is 14.4. The van der Waals surface area contributed by atoms with E-state index in [4.69, 9.17) is 5.11 Å². The van der Waals surface area contributed by atoms with Gasteiger partial charge in [0.1, 0.15) is 6.10 Å². The minimum atomic E-state index is -2.86. The first-order valence-corrected chi connectivity index (χ1v) is 5.67. The molecule has 0 aliphatic rings. The van der Waals surface area contributed by atoms with E-state index in [2.05, 4.69) is 10.6 Å². The number of hydrogen-bond donors (Lipinski definition) is 3. The van der Waals surface area contributed by atoms with Crippen molar-refractivity contribution in [3.05, 3.63) is 28.3 Å². The second kappa shape index (κ2) is 6.83. The van der Waals surface area contributed by atoms with Crippen molar-refractivity contribution in [1.82, 2.24) is 0 Å². The molecule has 0 aliphatic heterocycles. The van der Waals surface area contributed by atoms with Crippen LogP contribution in [0.15, 0.2) is 18.2 Å². The van der Waals surface area contributed by atoms with E-state index in [0.29, 0.717) is 17.9 Å². The summed E-state index contributed by atoms with van der Waals surface area (Å²) in [5, 5.41) is 25.2. The Labute approximate surface area is 108 Å². The van der Waals surface area contributed by atoms with E-state index >= 15 is 0 Å². The number of nitro benzene ring substituents is 1. The molecule has 3 N–H and O–H groups in total. The summed E-state index contributed by atoms with van der Waals surface area (Å²) in [5.74, 6) is 0. The summed E-state index contributed by atoms with van der Waals surface area (Å²) in [6.45, 7) is 2.01. The van der Waals surface area contributed by atoms with Crippen LogP contribution in [0.2, 0.25) is 0 Å². The van der Waals surface area contributed by atoms with Crippen molar-refractivity contribution >= 4 is 17.1 Å². The molecule has 1 unspecified atom stereocenters. The molecule has 19 heavy (non-hydrogen) atoms. The van der Waals surface area contributed by atoms with E-state index in [-0.39, 0.29) is 12.2 Å². The molecule has 0 aliphatic carbocycles. The van der Waals surface area contributed by atoms with Crippen molar-refractivity contribution in [3.8, 4) is 0 Å². The Bertz CT molecular complexity index is 443. The van der Waals surface area contributed by atoms with E-state index < -0.39 is 17.5 Å². The van der Waals surface area contributed by atoms with Gasteiger partial charge in [-0.1, -0.05) is 0 Å². The molecule has 0 saturated heterocycles. The molecular weight excluding hydrogens is 260 g/mol. The lowest BCUT2D eigenvalue weighted by Gasteiger charge is -2.13. The Kier molecular flexibility index (Phi) is 5.43. The number of alkyl halides is 2. The van der Waals surface area contributed by atoms with E-state index in [1.807, 2.05) is 6.92 Å². The van der Waals surface area contributed by atoms with Gasteiger partial charge in [0, 0.05) is 36.6 Å². The number of hydrogen-bond acceptors (Lipinski definition) is 5. The maximum Gasteiger partial charge on any atom is 0.273 e. The van der Waals surface area contributed by atoms with Gasteiger partial charge in [-0.15, -0.1) is 0 Å². The molecule has 1 atom stereocenters. The third-order valence-corrected chi connectivity index (χ3v) is 2.32. The van der Waals surface area contributed by atoms with Gasteiger partial charge in [0.05, 0.1) is 4.92 Å². The summed E-state index contributed by atoms with van der Waals surface area (Å²) in [4.78, 5) is 10.2. The van der Waals surface area contributed by atoms with Gasteiger partial charge in [-0.2, -0.15) is 0 Å². The predicted molar refractivity (Wildman–Crippen MR) is 67.8 cm³/mol. The number of aliphatic hydroxyl groups is 1. The summed E-state index contributed by atoms with van der Waals surface area (Å²) in [5.41, 5.74) is 0.642. The van der Waals surface area contributed by atoms with Gasteiger partial charge in [-0.3, -0.25) is 10.1 Å². The fourth-order valence-corrected chi connectivity index (χ4v) is 1.44. The van der Waals surface area contributed by atoms with Crippen LogP contribution in [-0.4, -0.2) is 35.6 Å². The van der Waals surface area contributed by atoms with Crippen LogP contribution in [-0.2, 0) is 0 Å². The van der Waals surface area contributed by atoms with Crippen LogP contribution in [0.5, 0.6) is 0 Å². The topological polar surface area (TPSA) is 87.4 Å². The Balaban J connectivity index is 2.84. The summed E-state index contributed by atoms with van der Waals surface area (Å²) in [6.07, 6.45) is -4.68. The highest BCUT2D eigenvalue weighted by Crippen LogP contribution is 2.24. The number of halogens is 2. The minimum absolute atomic E-state index is 0.160. The van der Waals surface area contributed by atoms with Gasteiger partial charge < -0.3 is 15.7 Å². The molecule has 0 radical (unpaired) electrons. The molecule has 0 aromatic heterocycles. The smallest absolute Gasteiger partial charge is 0.273 e. The van der Waals surface area contributed by atoms with Crippen LogP contribution in [0.3, 0.4) is 0 Å². The van der Waals surface area contributed by atoms with Crippen molar-refractivity contribution in [2.45, 2.75) is 19.5 Å². The van der Waals surface area contributed by atoms with Gasteiger partial charge in [-0.05, 0) is 13.0 Å². The maximum atomic E-state index is 12.1. The van der Waals surface area contributed by atoms with Crippen LogP contribution in [0, 0.1) is 10.1 Å². The number of nitro groups is 1. The molecule has 0 amide bonds. The first-order valence-electron chi connectivity index (χ1n) is 5.67. The first kappa shape index (κ1) is 15.1. The Hall–Kier alpha value is -1.96. The van der Waals surface area contributed by atoms with Crippen molar-refractivity contribution in [3.63, 3.8) is 0 Å². The van der Waals surface area contributed by atoms with Gasteiger partial charge in [0.15, 0.2) is 0 Å². The highest BCUT2D eigenvalue weighted by molar-refractivity contribution is 5.63. The monoisotopic (exact) mass is 275 g/mol. The van der Waals surface area contributed by atoms with Gasteiger partial charge in [-0.25, -0.2) is 8.78 Å². The van der Waals surface area contributed by atoms with Crippen molar-refractivity contribution in [2.24, 2.45) is 0 Å². The molecule has 1 rings (SSSR count). The van der Waals surface area contributed by atoms with E-state index in [9.17, 15) is 18.9 Å². The zero-order valence-electron chi connectivity index (χ0n) is 10.3. The molecule has 0 fully saturated rings. The molecule has 0 saturated carbocycles. The lowest BCUT2D eigenvalue weighted by atomic mass is 10.2. The number of benzene rings is 1. The first-order chi connectivity index (χ1) is 8.93. The van der Waals surface area contributed by atoms with Crippen LogP contribution in [0.25, 0.3) is 0 Å². The van der Waals surface area contributed by atoms with Crippen LogP contribution >= 0.6 is 0 Å². The average Bonchev–Trinajstić information content (AvgIpc) is 2.35. The molecule has 0 heterocycles. The van der Waals surface area contributed by atoms with Crippen LogP contribution in [0.1, 0.15) is 6.92 Å². The number of aliphatic hydroxyl groups excluding tert-OH is 1. The van der Waals surface area contributed by atoms with Gasteiger partial charge in [0.2, 0.25) is 0 Å². The van der Waals surface area contributed by atoms with Crippen molar-refractivity contribution in [2.75, 3.05) is 23.7 Å². The SMILES string of the molecule is CCNc1cc(NCC(O)C(F)F)cc([N+](=O)[O-])c1. The highest BCUT2D eigenvalue weighted by Gasteiger charge is 2.17. The molecule has 106 valence electrons. The number of nitrogens with zero attached hydrogens (tertiary/aromatic N) is 1. The van der Waals surface area contributed by atoms with E-state index in [1.165, 1.54) is 12.1 Å². The molecule has 8 heteroatoms. The molecule has 1 aromatic carbocycles. The van der Waals surface area contributed by atoms with Crippen LogP contribution in [0.4, 0.5) is 25.8 Å². The number of nitrogens with one attached hydrogen (secondary N) is 2. The Morgan fingerprint density at radius 3 is 2.37 bits per heavy atom. The van der Waals surface area contributed by atoms with Crippen LogP contribution < -0.4 is 10.6 Å². The fraction of sp³-hybridized carbons (Fsp3) is 0.455. The van der Waals surface area contributed by atoms with E-state index in [0.717, 1.165) is 0 Å². The second-order valence-electron chi connectivity index (χ2n) is 3.84.